The highest BCUT2D eigenvalue weighted by atomic mass is 16.1. The Morgan fingerprint density at radius 2 is 1.65 bits per heavy atom. The summed E-state index contributed by atoms with van der Waals surface area (Å²) in [4.78, 5) is 13.4. The molecule has 2 rings (SSSR count). The summed E-state index contributed by atoms with van der Waals surface area (Å²) < 4.78 is 0. The molecule has 0 aromatic heterocycles. The summed E-state index contributed by atoms with van der Waals surface area (Å²) >= 11 is 0. The van der Waals surface area contributed by atoms with Crippen LogP contribution in [0.4, 0.5) is 11.4 Å². The van der Waals surface area contributed by atoms with Crippen LogP contribution in [0.15, 0.2) is 24.3 Å². The van der Waals surface area contributed by atoms with Crippen LogP contribution < -0.4 is 10.2 Å². The first kappa shape index (κ1) is 12.0. The first-order valence-corrected chi connectivity index (χ1v) is 6.38. The zero-order valence-corrected chi connectivity index (χ0v) is 10.4. The Bertz CT molecular complexity index is 364. The number of benzene rings is 1. The molecule has 17 heavy (non-hydrogen) atoms. The van der Waals surface area contributed by atoms with Crippen molar-refractivity contribution in [1.82, 2.24) is 0 Å². The molecule has 0 aliphatic carbocycles. The maximum Gasteiger partial charge on any atom is 0.221 e. The number of hydrogen-bond donors (Lipinski definition) is 1. The smallest absolute Gasteiger partial charge is 0.221 e. The highest BCUT2D eigenvalue weighted by Gasteiger charge is 2.09. The van der Waals surface area contributed by atoms with Crippen molar-refractivity contribution in [3.05, 3.63) is 24.3 Å². The number of rotatable bonds is 2. The number of carbonyl (C=O) groups is 1. The van der Waals surface area contributed by atoms with Crippen LogP contribution in [0.25, 0.3) is 0 Å². The van der Waals surface area contributed by atoms with E-state index in [1.54, 1.807) is 0 Å². The molecule has 0 radical (unpaired) electrons. The number of amides is 1. The average Bonchev–Trinajstić information content (AvgIpc) is 2.58. The van der Waals surface area contributed by atoms with Gasteiger partial charge in [0, 0.05) is 31.4 Å². The maximum atomic E-state index is 10.9. The predicted molar refractivity (Wildman–Crippen MR) is 71.4 cm³/mol. The molecule has 1 aromatic rings. The Hall–Kier alpha value is -1.51. The normalized spacial score (nSPS) is 16.4. The quantitative estimate of drug-likeness (QED) is 0.850. The minimum Gasteiger partial charge on any atom is -0.372 e. The van der Waals surface area contributed by atoms with E-state index in [4.69, 9.17) is 0 Å². The lowest BCUT2D eigenvalue weighted by atomic mass is 10.2. The van der Waals surface area contributed by atoms with Crippen molar-refractivity contribution in [2.24, 2.45) is 0 Å². The lowest BCUT2D eigenvalue weighted by Gasteiger charge is -2.22. The Morgan fingerprint density at radius 1 is 1.06 bits per heavy atom. The highest BCUT2D eigenvalue weighted by Crippen LogP contribution is 2.21. The first-order valence-electron chi connectivity index (χ1n) is 6.38. The van der Waals surface area contributed by atoms with Crippen molar-refractivity contribution in [3.63, 3.8) is 0 Å². The molecule has 0 atom stereocenters. The van der Waals surface area contributed by atoms with Gasteiger partial charge in [0.2, 0.25) is 5.91 Å². The molecule has 1 aliphatic heterocycles. The van der Waals surface area contributed by atoms with Crippen LogP contribution in [0.1, 0.15) is 32.6 Å². The van der Waals surface area contributed by atoms with Crippen LogP contribution in [0, 0.1) is 0 Å². The number of hydrogen-bond acceptors (Lipinski definition) is 2. The van der Waals surface area contributed by atoms with Crippen molar-refractivity contribution in [3.8, 4) is 0 Å². The summed E-state index contributed by atoms with van der Waals surface area (Å²) in [5, 5.41) is 2.79. The molecular formula is C14H20N2O. The Kier molecular flexibility index (Phi) is 4.02. The standard InChI is InChI=1S/C14H20N2O/c1-12(17)15-13-6-8-14(9-7-13)16-10-4-2-3-5-11-16/h6-9H,2-5,10-11H2,1H3,(H,15,17). The van der Waals surface area contributed by atoms with E-state index in [1.807, 2.05) is 12.1 Å². The summed E-state index contributed by atoms with van der Waals surface area (Å²) in [6, 6.07) is 8.14. The number of carbonyl (C=O) groups excluding carboxylic acids is 1. The third-order valence-corrected chi connectivity index (χ3v) is 3.16. The van der Waals surface area contributed by atoms with E-state index in [2.05, 4.69) is 22.3 Å². The van der Waals surface area contributed by atoms with E-state index >= 15 is 0 Å². The molecule has 1 amide bonds. The topological polar surface area (TPSA) is 32.3 Å². The fourth-order valence-corrected chi connectivity index (χ4v) is 2.29. The van der Waals surface area contributed by atoms with E-state index in [9.17, 15) is 4.79 Å². The van der Waals surface area contributed by atoms with Crippen molar-refractivity contribution in [1.29, 1.82) is 0 Å². The Labute approximate surface area is 103 Å². The van der Waals surface area contributed by atoms with Crippen molar-refractivity contribution >= 4 is 17.3 Å². The van der Waals surface area contributed by atoms with Gasteiger partial charge in [-0.25, -0.2) is 0 Å². The van der Waals surface area contributed by atoms with Crippen molar-refractivity contribution in [2.45, 2.75) is 32.6 Å². The van der Waals surface area contributed by atoms with Gasteiger partial charge in [-0.05, 0) is 37.1 Å². The number of nitrogens with zero attached hydrogens (tertiary/aromatic N) is 1. The monoisotopic (exact) mass is 232 g/mol. The Balaban J connectivity index is 2.03. The van der Waals surface area contributed by atoms with E-state index in [0.717, 1.165) is 18.8 Å². The molecule has 1 aliphatic rings. The maximum absolute atomic E-state index is 10.9. The first-order chi connectivity index (χ1) is 8.25. The molecule has 1 heterocycles. The minimum absolute atomic E-state index is 0.0208. The largest absolute Gasteiger partial charge is 0.372 e. The van der Waals surface area contributed by atoms with Gasteiger partial charge in [0.25, 0.3) is 0 Å². The van der Waals surface area contributed by atoms with Crippen molar-refractivity contribution < 1.29 is 4.79 Å². The summed E-state index contributed by atoms with van der Waals surface area (Å²) in [5.41, 5.74) is 2.14. The molecule has 3 heteroatoms. The molecule has 1 saturated heterocycles. The van der Waals surface area contributed by atoms with Gasteiger partial charge in [-0.3, -0.25) is 4.79 Å². The van der Waals surface area contributed by atoms with Crippen LogP contribution in [0.2, 0.25) is 0 Å². The van der Waals surface area contributed by atoms with Gasteiger partial charge in [0.05, 0.1) is 0 Å². The molecule has 1 N–H and O–H groups in total. The van der Waals surface area contributed by atoms with Gasteiger partial charge in [0.1, 0.15) is 0 Å². The molecule has 1 fully saturated rings. The van der Waals surface area contributed by atoms with Gasteiger partial charge in [-0.1, -0.05) is 12.8 Å². The highest BCUT2D eigenvalue weighted by molar-refractivity contribution is 5.88. The molecule has 0 unspecified atom stereocenters. The zero-order valence-electron chi connectivity index (χ0n) is 10.4. The molecule has 0 spiro atoms. The third kappa shape index (κ3) is 3.48. The summed E-state index contributed by atoms with van der Waals surface area (Å²) in [7, 11) is 0. The zero-order chi connectivity index (χ0) is 12.1. The van der Waals surface area contributed by atoms with Gasteiger partial charge in [0.15, 0.2) is 0 Å². The second kappa shape index (κ2) is 5.71. The molecule has 92 valence electrons. The van der Waals surface area contributed by atoms with Crippen LogP contribution in [-0.2, 0) is 4.79 Å². The van der Waals surface area contributed by atoms with Crippen molar-refractivity contribution in [2.75, 3.05) is 23.3 Å². The number of anilines is 2. The number of nitrogens with one attached hydrogen (secondary N) is 1. The lowest BCUT2D eigenvalue weighted by molar-refractivity contribution is -0.114. The molecule has 0 saturated carbocycles. The van der Waals surface area contributed by atoms with E-state index in [0.29, 0.717) is 0 Å². The van der Waals surface area contributed by atoms with Crippen LogP contribution in [0.3, 0.4) is 0 Å². The van der Waals surface area contributed by atoms with E-state index in [1.165, 1.54) is 38.3 Å². The predicted octanol–water partition coefficient (Wildman–Crippen LogP) is 3.03. The minimum atomic E-state index is -0.0208. The average molecular weight is 232 g/mol. The Morgan fingerprint density at radius 3 is 2.18 bits per heavy atom. The van der Waals surface area contributed by atoms with Gasteiger partial charge < -0.3 is 10.2 Å². The van der Waals surface area contributed by atoms with Crippen LogP contribution in [-0.4, -0.2) is 19.0 Å². The lowest BCUT2D eigenvalue weighted by Crippen LogP contribution is -2.23. The van der Waals surface area contributed by atoms with Gasteiger partial charge in [-0.15, -0.1) is 0 Å². The fourth-order valence-electron chi connectivity index (χ4n) is 2.29. The second-order valence-corrected chi connectivity index (χ2v) is 4.63. The molecule has 1 aromatic carbocycles. The molecular weight excluding hydrogens is 212 g/mol. The van der Waals surface area contributed by atoms with Crippen LogP contribution in [0.5, 0.6) is 0 Å². The third-order valence-electron chi connectivity index (χ3n) is 3.16. The van der Waals surface area contributed by atoms with E-state index < -0.39 is 0 Å². The second-order valence-electron chi connectivity index (χ2n) is 4.63. The molecule has 0 bridgehead atoms. The van der Waals surface area contributed by atoms with Gasteiger partial charge >= 0.3 is 0 Å². The summed E-state index contributed by atoms with van der Waals surface area (Å²) in [5.74, 6) is -0.0208. The summed E-state index contributed by atoms with van der Waals surface area (Å²) in [6.07, 6.45) is 5.27. The fraction of sp³-hybridized carbons (Fsp3) is 0.500. The van der Waals surface area contributed by atoms with E-state index in [-0.39, 0.29) is 5.91 Å². The summed E-state index contributed by atoms with van der Waals surface area (Å²) in [6.45, 7) is 3.83. The van der Waals surface area contributed by atoms with Crippen LogP contribution >= 0.6 is 0 Å². The SMILES string of the molecule is CC(=O)Nc1ccc(N2CCCCCC2)cc1. The van der Waals surface area contributed by atoms with Gasteiger partial charge in [-0.2, -0.15) is 0 Å². The molecule has 3 nitrogen and oxygen atoms in total.